The normalized spacial score (nSPS) is 14.4. The van der Waals surface area contributed by atoms with Gasteiger partial charge in [0.25, 0.3) is 0 Å². The van der Waals surface area contributed by atoms with Crippen LogP contribution in [0.2, 0.25) is 0 Å². The second-order valence-corrected chi connectivity index (χ2v) is 8.50. The fourth-order valence-corrected chi connectivity index (χ4v) is 2.20. The molecule has 0 rings (SSSR count). The average molecular weight is 356 g/mol. The molecule has 0 bridgehead atoms. The third-order valence-corrected chi connectivity index (χ3v) is 3.16. The van der Waals surface area contributed by atoms with Crippen molar-refractivity contribution in [3.8, 4) is 0 Å². The number of hydrogen-bond donors (Lipinski definition) is 0. The van der Waals surface area contributed by atoms with Gasteiger partial charge in [0.1, 0.15) is 22.8 Å². The van der Waals surface area contributed by atoms with Gasteiger partial charge in [0.15, 0.2) is 0 Å². The van der Waals surface area contributed by atoms with Gasteiger partial charge in [0.2, 0.25) is 0 Å². The van der Waals surface area contributed by atoms with Gasteiger partial charge in [-0.25, -0.2) is 0 Å². The molecule has 0 aromatic carbocycles. The number of carbonyl (C=O) groups is 4. The Morgan fingerprint density at radius 2 is 1.28 bits per heavy atom. The summed E-state index contributed by atoms with van der Waals surface area (Å²) < 4.78 is 10.6. The Bertz CT molecular complexity index is 507. The van der Waals surface area contributed by atoms with E-state index in [2.05, 4.69) is 0 Å². The number of rotatable bonds is 8. The van der Waals surface area contributed by atoms with E-state index in [9.17, 15) is 19.2 Å². The highest BCUT2D eigenvalue weighted by Gasteiger charge is 2.32. The van der Waals surface area contributed by atoms with Gasteiger partial charge in [0.05, 0.1) is 12.3 Å². The monoisotopic (exact) mass is 356 g/mol. The van der Waals surface area contributed by atoms with Crippen LogP contribution in [0.5, 0.6) is 0 Å². The summed E-state index contributed by atoms with van der Waals surface area (Å²) in [5.41, 5.74) is -1.40. The Labute approximate surface area is 150 Å². The van der Waals surface area contributed by atoms with Crippen LogP contribution in [-0.2, 0) is 28.7 Å². The second-order valence-electron chi connectivity index (χ2n) is 8.50. The number of esters is 2. The number of ether oxygens (including phenoxy) is 2. The topological polar surface area (TPSA) is 86.7 Å². The Kier molecular flexibility index (Phi) is 8.48. The molecule has 25 heavy (non-hydrogen) atoms. The van der Waals surface area contributed by atoms with Gasteiger partial charge < -0.3 is 14.3 Å². The first-order valence-electron chi connectivity index (χ1n) is 8.57. The Morgan fingerprint density at radius 1 is 0.800 bits per heavy atom. The Hall–Kier alpha value is -1.72. The highest BCUT2D eigenvalue weighted by molar-refractivity contribution is 5.90. The average Bonchev–Trinajstić information content (AvgIpc) is 2.32. The van der Waals surface area contributed by atoms with Crippen molar-refractivity contribution in [3.05, 3.63) is 0 Å². The molecule has 0 aliphatic carbocycles. The lowest BCUT2D eigenvalue weighted by Crippen LogP contribution is -2.33. The fourth-order valence-electron chi connectivity index (χ4n) is 2.20. The number of hydrogen-bond acceptors (Lipinski definition) is 6. The lowest BCUT2D eigenvalue weighted by atomic mass is 9.90. The van der Waals surface area contributed by atoms with Crippen LogP contribution in [0, 0.1) is 11.8 Å². The summed E-state index contributed by atoms with van der Waals surface area (Å²) in [5.74, 6) is -2.93. The summed E-state index contributed by atoms with van der Waals surface area (Å²) in [5, 5.41) is 0. The molecule has 0 amide bonds. The zero-order chi connectivity index (χ0) is 20.0. The zero-order valence-electron chi connectivity index (χ0n) is 16.7. The van der Waals surface area contributed by atoms with Crippen LogP contribution in [0.15, 0.2) is 0 Å². The van der Waals surface area contributed by atoms with Gasteiger partial charge in [-0.05, 0) is 48.5 Å². The van der Waals surface area contributed by atoms with Crippen LogP contribution in [-0.4, -0.2) is 34.7 Å². The van der Waals surface area contributed by atoms with E-state index < -0.39 is 35.0 Å². The molecule has 0 heterocycles. The Morgan fingerprint density at radius 3 is 1.68 bits per heavy atom. The molecule has 0 aromatic heterocycles. The van der Waals surface area contributed by atoms with Crippen LogP contribution in [0.3, 0.4) is 0 Å². The summed E-state index contributed by atoms with van der Waals surface area (Å²) >= 11 is 0. The third-order valence-electron chi connectivity index (χ3n) is 3.16. The Balaban J connectivity index is 5.13. The molecule has 2 atom stereocenters. The standard InChI is InChI=1S/C19H32O6/c1-12(9-13(2)20)15(21)10-14(17(23)25-19(6,7)8)11-16(22)24-18(3,4)5/h12,14H,9-11H2,1-8H3/t12?,14-/m0/s1. The lowest BCUT2D eigenvalue weighted by molar-refractivity contribution is -0.168. The molecular formula is C19H32O6. The molecule has 6 nitrogen and oxygen atoms in total. The van der Waals surface area contributed by atoms with E-state index in [0.717, 1.165) is 0 Å². The molecule has 0 spiro atoms. The van der Waals surface area contributed by atoms with Crippen molar-refractivity contribution in [2.24, 2.45) is 11.8 Å². The maximum atomic E-state index is 12.4. The van der Waals surface area contributed by atoms with Crippen LogP contribution in [0.25, 0.3) is 0 Å². The lowest BCUT2D eigenvalue weighted by Gasteiger charge is -2.25. The molecule has 6 heteroatoms. The minimum absolute atomic E-state index is 0.0955. The molecule has 0 aromatic rings. The molecule has 0 saturated carbocycles. The fraction of sp³-hybridized carbons (Fsp3) is 0.789. The third kappa shape index (κ3) is 11.5. The van der Waals surface area contributed by atoms with Crippen LogP contribution >= 0.6 is 0 Å². The van der Waals surface area contributed by atoms with Crippen LogP contribution in [0.1, 0.15) is 74.7 Å². The molecule has 0 fully saturated rings. The van der Waals surface area contributed by atoms with Crippen molar-refractivity contribution in [1.29, 1.82) is 0 Å². The number of ketones is 2. The first-order chi connectivity index (χ1) is 11.1. The van der Waals surface area contributed by atoms with Crippen LogP contribution in [0.4, 0.5) is 0 Å². The van der Waals surface area contributed by atoms with Gasteiger partial charge in [-0.3, -0.25) is 14.4 Å². The van der Waals surface area contributed by atoms with Gasteiger partial charge in [-0.1, -0.05) is 6.92 Å². The van der Waals surface area contributed by atoms with Crippen molar-refractivity contribution < 1.29 is 28.7 Å². The highest BCUT2D eigenvalue weighted by atomic mass is 16.6. The van der Waals surface area contributed by atoms with Crippen LogP contribution < -0.4 is 0 Å². The van der Waals surface area contributed by atoms with E-state index in [1.165, 1.54) is 6.92 Å². The molecule has 0 aliphatic rings. The molecule has 0 radical (unpaired) electrons. The minimum Gasteiger partial charge on any atom is -0.460 e. The number of Topliss-reactive ketones (excluding diaryl/α,β-unsaturated/α-hetero) is 2. The minimum atomic E-state index is -0.920. The highest BCUT2D eigenvalue weighted by Crippen LogP contribution is 2.22. The first-order valence-corrected chi connectivity index (χ1v) is 8.57. The number of carbonyl (C=O) groups excluding carboxylic acids is 4. The summed E-state index contributed by atoms with van der Waals surface area (Å²) in [6.07, 6.45) is -0.264. The van der Waals surface area contributed by atoms with Crippen molar-refractivity contribution in [2.45, 2.75) is 85.9 Å². The molecular weight excluding hydrogens is 324 g/mol. The molecule has 1 unspecified atom stereocenters. The van der Waals surface area contributed by atoms with Crippen molar-refractivity contribution in [3.63, 3.8) is 0 Å². The summed E-state index contributed by atoms with van der Waals surface area (Å²) in [6.45, 7) is 13.4. The quantitative estimate of drug-likeness (QED) is 0.621. The predicted molar refractivity (Wildman–Crippen MR) is 93.9 cm³/mol. The van der Waals surface area contributed by atoms with Crippen molar-refractivity contribution in [1.82, 2.24) is 0 Å². The van der Waals surface area contributed by atoms with E-state index in [4.69, 9.17) is 9.47 Å². The summed E-state index contributed by atoms with van der Waals surface area (Å²) in [6, 6.07) is 0. The molecule has 0 N–H and O–H groups in total. The maximum absolute atomic E-state index is 12.4. The van der Waals surface area contributed by atoms with E-state index in [1.54, 1.807) is 48.5 Å². The van der Waals surface area contributed by atoms with E-state index in [-0.39, 0.29) is 30.8 Å². The smallest absolute Gasteiger partial charge is 0.310 e. The van der Waals surface area contributed by atoms with E-state index in [0.29, 0.717) is 0 Å². The molecule has 0 aliphatic heterocycles. The van der Waals surface area contributed by atoms with Gasteiger partial charge >= 0.3 is 11.9 Å². The van der Waals surface area contributed by atoms with Gasteiger partial charge in [-0.15, -0.1) is 0 Å². The molecule has 0 saturated heterocycles. The van der Waals surface area contributed by atoms with Gasteiger partial charge in [0, 0.05) is 18.8 Å². The molecule has 144 valence electrons. The van der Waals surface area contributed by atoms with E-state index >= 15 is 0 Å². The SMILES string of the molecule is CC(=O)CC(C)C(=O)C[C@@H](CC(=O)OC(C)(C)C)C(=O)OC(C)(C)C. The largest absolute Gasteiger partial charge is 0.460 e. The summed E-state index contributed by atoms with van der Waals surface area (Å²) in [4.78, 5) is 48.0. The van der Waals surface area contributed by atoms with Crippen molar-refractivity contribution in [2.75, 3.05) is 0 Å². The van der Waals surface area contributed by atoms with E-state index in [1.807, 2.05) is 0 Å². The zero-order valence-corrected chi connectivity index (χ0v) is 16.7. The first kappa shape index (κ1) is 23.3. The summed E-state index contributed by atoms with van der Waals surface area (Å²) in [7, 11) is 0. The van der Waals surface area contributed by atoms with Gasteiger partial charge in [-0.2, -0.15) is 0 Å². The predicted octanol–water partition coefficient (Wildman–Crippen LogP) is 3.25. The maximum Gasteiger partial charge on any atom is 0.310 e. The second kappa shape index (κ2) is 9.11. The van der Waals surface area contributed by atoms with Crippen molar-refractivity contribution >= 4 is 23.5 Å².